The van der Waals surface area contributed by atoms with Crippen LogP contribution in [0.4, 0.5) is 4.79 Å². The van der Waals surface area contributed by atoms with Crippen LogP contribution in [0.1, 0.15) is 27.7 Å². The van der Waals surface area contributed by atoms with E-state index < -0.39 is 39.9 Å². The van der Waals surface area contributed by atoms with E-state index in [0.717, 1.165) is 0 Å². The Hall–Kier alpha value is -0.382. The molecule has 26 heavy (non-hydrogen) atoms. The molecule has 0 heterocycles. The molecular weight excluding hydrogens is 389 g/mol. The Morgan fingerprint density at radius 3 is 1.35 bits per heavy atom. The van der Waals surface area contributed by atoms with Crippen LogP contribution in [0.3, 0.4) is 0 Å². The van der Waals surface area contributed by atoms with Gasteiger partial charge in [-0.15, -0.1) is 24.6 Å². The summed E-state index contributed by atoms with van der Waals surface area (Å²) < 4.78 is 11.4. The molecule has 0 rings (SSSR count). The van der Waals surface area contributed by atoms with Gasteiger partial charge in [0.15, 0.2) is 0 Å². The first-order chi connectivity index (χ1) is 11.6. The van der Waals surface area contributed by atoms with E-state index in [4.69, 9.17) is 9.47 Å². The molecule has 0 aromatic carbocycles. The van der Waals surface area contributed by atoms with Crippen molar-refractivity contribution in [2.24, 2.45) is 0 Å². The molecule has 0 aromatic rings. The van der Waals surface area contributed by atoms with Crippen molar-refractivity contribution in [2.75, 3.05) is 12.5 Å². The average Bonchev–Trinajstić information content (AvgIpc) is 2.56. The van der Waals surface area contributed by atoms with Crippen molar-refractivity contribution < 1.29 is 14.3 Å². The van der Waals surface area contributed by atoms with Crippen LogP contribution < -0.4 is 0 Å². The minimum Gasteiger partial charge on any atom is -0.438 e. The van der Waals surface area contributed by atoms with E-state index in [1.807, 2.05) is 0 Å². The lowest BCUT2D eigenvalue weighted by atomic mass is 10.5. The second-order valence-corrected chi connectivity index (χ2v) is 26.9. The Morgan fingerprint density at radius 2 is 1.12 bits per heavy atom. The maximum absolute atomic E-state index is 12.1. The van der Waals surface area contributed by atoms with Crippen molar-refractivity contribution in [3.05, 3.63) is 24.6 Å². The van der Waals surface area contributed by atoms with Crippen LogP contribution >= 0.6 is 0 Å². The van der Waals surface area contributed by atoms with Gasteiger partial charge in [0.05, 0.1) is 46.2 Å². The van der Waals surface area contributed by atoms with Crippen LogP contribution in [0, 0.1) is 0 Å². The summed E-state index contributed by atoms with van der Waals surface area (Å²) in [6.45, 7) is 31.0. The standard InChI is InChI=1S/C19H40O3Si4/c1-13-25(9,10)18(3,4)23(7)15-21-17(20)22-16-24(8)19(5,6)26(11,12)14-2/h13-14H,1-2,15-16H2,3-12H3. The molecule has 0 aliphatic heterocycles. The molecule has 150 valence electrons. The summed E-state index contributed by atoms with van der Waals surface area (Å²) in [6, 6.07) is 0. The zero-order valence-electron chi connectivity index (χ0n) is 18.7. The fourth-order valence-electron chi connectivity index (χ4n) is 2.35. The Balaban J connectivity index is 4.66. The van der Waals surface area contributed by atoms with Crippen LogP contribution in [0.15, 0.2) is 24.6 Å². The van der Waals surface area contributed by atoms with E-state index in [0.29, 0.717) is 12.5 Å². The smallest absolute Gasteiger partial charge is 0.438 e. The molecule has 0 spiro atoms. The van der Waals surface area contributed by atoms with Crippen molar-refractivity contribution in [1.29, 1.82) is 0 Å². The Morgan fingerprint density at radius 1 is 0.846 bits per heavy atom. The van der Waals surface area contributed by atoms with Crippen LogP contribution in [-0.4, -0.2) is 52.4 Å². The normalized spacial score (nSPS) is 13.7. The monoisotopic (exact) mass is 428 g/mol. The van der Waals surface area contributed by atoms with Gasteiger partial charge in [0.25, 0.3) is 0 Å². The first-order valence-corrected chi connectivity index (χ1v) is 19.9. The molecule has 0 bridgehead atoms. The zero-order valence-corrected chi connectivity index (χ0v) is 22.7. The molecule has 0 amide bonds. The predicted molar refractivity (Wildman–Crippen MR) is 124 cm³/mol. The highest BCUT2D eigenvalue weighted by Crippen LogP contribution is 2.41. The van der Waals surface area contributed by atoms with Gasteiger partial charge >= 0.3 is 6.16 Å². The summed E-state index contributed by atoms with van der Waals surface area (Å²) in [4.78, 5) is 12.1. The number of carbonyl (C=O) groups is 1. The highest BCUT2D eigenvalue weighted by Gasteiger charge is 2.43. The Labute approximate surface area is 167 Å². The number of ether oxygens (including phenoxy) is 2. The van der Waals surface area contributed by atoms with Gasteiger partial charge in [0.2, 0.25) is 0 Å². The lowest BCUT2D eigenvalue weighted by Gasteiger charge is -2.42. The second-order valence-electron chi connectivity index (χ2n) is 9.49. The van der Waals surface area contributed by atoms with Crippen LogP contribution in [-0.2, 0) is 9.47 Å². The van der Waals surface area contributed by atoms with E-state index in [-0.39, 0.29) is 9.32 Å². The van der Waals surface area contributed by atoms with E-state index in [1.165, 1.54) is 0 Å². The van der Waals surface area contributed by atoms with Gasteiger partial charge in [-0.2, -0.15) is 0 Å². The second kappa shape index (κ2) is 9.21. The summed E-state index contributed by atoms with van der Waals surface area (Å²) >= 11 is 0. The van der Waals surface area contributed by atoms with Crippen molar-refractivity contribution in [3.8, 4) is 0 Å². The Kier molecular flexibility index (Phi) is 9.07. The average molecular weight is 429 g/mol. The molecule has 0 unspecified atom stereocenters. The molecule has 3 nitrogen and oxygen atoms in total. The van der Waals surface area contributed by atoms with Gasteiger partial charge in [0.1, 0.15) is 0 Å². The quantitative estimate of drug-likeness (QED) is 0.317. The highest BCUT2D eigenvalue weighted by molar-refractivity contribution is 6.96. The molecule has 0 atom stereocenters. The summed E-state index contributed by atoms with van der Waals surface area (Å²) in [5.41, 5.74) is 4.28. The summed E-state index contributed by atoms with van der Waals surface area (Å²) in [5, 5.41) is 0. The molecule has 0 aliphatic carbocycles. The van der Waals surface area contributed by atoms with E-state index in [1.54, 1.807) is 0 Å². The van der Waals surface area contributed by atoms with Gasteiger partial charge in [0, 0.05) is 0 Å². The van der Waals surface area contributed by atoms with Crippen LogP contribution in [0.25, 0.3) is 0 Å². The molecule has 0 N–H and O–H groups in total. The predicted octanol–water partition coefficient (Wildman–Crippen LogP) is 5.97. The summed E-state index contributed by atoms with van der Waals surface area (Å²) in [5.74, 6) is 0. The first kappa shape index (κ1) is 25.6. The topological polar surface area (TPSA) is 35.5 Å². The SMILES string of the molecule is C=C[Si](C)(C)C(C)(C)[Si](C)COC(=O)OC[Si](C)C(C)(C)[Si](C)(C)C=C. The van der Waals surface area contributed by atoms with Crippen molar-refractivity contribution >= 4 is 39.9 Å². The fraction of sp³-hybridized carbons (Fsp3) is 0.737. The molecule has 0 saturated heterocycles. The third kappa shape index (κ3) is 5.81. The van der Waals surface area contributed by atoms with Crippen molar-refractivity contribution in [3.63, 3.8) is 0 Å². The number of rotatable bonds is 10. The largest absolute Gasteiger partial charge is 0.507 e. The first-order valence-electron chi connectivity index (χ1n) is 9.29. The van der Waals surface area contributed by atoms with E-state index >= 15 is 0 Å². The van der Waals surface area contributed by atoms with Crippen LogP contribution in [0.2, 0.25) is 48.6 Å². The number of hydrogen-bond donors (Lipinski definition) is 0. The van der Waals surface area contributed by atoms with Gasteiger partial charge in [-0.05, 0) is 9.32 Å². The van der Waals surface area contributed by atoms with Crippen molar-refractivity contribution in [2.45, 2.75) is 76.3 Å². The molecule has 0 aromatic heterocycles. The van der Waals surface area contributed by atoms with E-state index in [2.05, 4.69) is 91.5 Å². The minimum absolute atomic E-state index is 0.195. The lowest BCUT2D eigenvalue weighted by Crippen LogP contribution is -2.49. The Bertz CT molecular complexity index is 469. The molecular formula is C19H40O3Si4. The number of carbonyl (C=O) groups excluding carboxylic acids is 1. The van der Waals surface area contributed by atoms with Crippen molar-refractivity contribution in [1.82, 2.24) is 0 Å². The number of hydrogen-bond acceptors (Lipinski definition) is 3. The molecule has 7 heteroatoms. The molecule has 0 aliphatic rings. The summed E-state index contributed by atoms with van der Waals surface area (Å²) in [6.07, 6.45) is 0.465. The third-order valence-electron chi connectivity index (χ3n) is 7.19. The molecule has 0 fully saturated rings. The van der Waals surface area contributed by atoms with Crippen LogP contribution in [0.5, 0.6) is 0 Å². The lowest BCUT2D eigenvalue weighted by molar-refractivity contribution is 0.0785. The minimum atomic E-state index is -1.55. The van der Waals surface area contributed by atoms with Gasteiger partial charge in [-0.1, -0.05) is 67.0 Å². The summed E-state index contributed by atoms with van der Waals surface area (Å²) in [7, 11) is -4.81. The fourth-order valence-corrected chi connectivity index (χ4v) is 14.6. The maximum Gasteiger partial charge on any atom is 0.507 e. The molecule has 0 saturated carbocycles. The van der Waals surface area contributed by atoms with Gasteiger partial charge < -0.3 is 9.47 Å². The van der Waals surface area contributed by atoms with Gasteiger partial charge in [-0.3, -0.25) is 0 Å². The third-order valence-corrected chi connectivity index (χ3v) is 27.5. The van der Waals surface area contributed by atoms with E-state index in [9.17, 15) is 4.79 Å². The highest BCUT2D eigenvalue weighted by atomic mass is 28.4. The van der Waals surface area contributed by atoms with Gasteiger partial charge in [-0.25, -0.2) is 4.79 Å². The zero-order chi connectivity index (χ0) is 21.0. The maximum atomic E-state index is 12.1. The molecule has 2 radical (unpaired) electrons.